The molecule has 1 aromatic carbocycles. The predicted molar refractivity (Wildman–Crippen MR) is 83.3 cm³/mol. The summed E-state index contributed by atoms with van der Waals surface area (Å²) >= 11 is 0. The van der Waals surface area contributed by atoms with Gasteiger partial charge >= 0.3 is 5.97 Å². The van der Waals surface area contributed by atoms with Crippen LogP contribution in [0, 0.1) is 0 Å². The summed E-state index contributed by atoms with van der Waals surface area (Å²) in [5, 5.41) is 0. The molecule has 5 heteroatoms. The van der Waals surface area contributed by atoms with Crippen molar-refractivity contribution in [1.29, 1.82) is 0 Å². The maximum atomic E-state index is 11.7. The van der Waals surface area contributed by atoms with Gasteiger partial charge in [-0.05, 0) is 43.0 Å². The smallest absolute Gasteiger partial charge is 0.337 e. The molecule has 1 aromatic heterocycles. The number of nitrogens with zero attached hydrogens (tertiary/aromatic N) is 1. The van der Waals surface area contributed by atoms with Crippen molar-refractivity contribution >= 4 is 5.97 Å². The van der Waals surface area contributed by atoms with Gasteiger partial charge in [0.2, 0.25) is 5.88 Å². The van der Waals surface area contributed by atoms with Crippen molar-refractivity contribution in [2.45, 2.75) is 24.7 Å². The van der Waals surface area contributed by atoms with Crippen LogP contribution in [-0.2, 0) is 16.6 Å². The monoisotopic (exact) mass is 311 g/mol. The van der Waals surface area contributed by atoms with Gasteiger partial charge in [0.25, 0.3) is 0 Å². The number of carbonyl (C=O) groups is 1. The third-order valence-corrected chi connectivity index (χ3v) is 4.63. The molecule has 0 bridgehead atoms. The number of ether oxygens (including phenoxy) is 3. The Kier molecular flexibility index (Phi) is 3.04. The molecule has 1 aliphatic carbocycles. The van der Waals surface area contributed by atoms with E-state index in [1.807, 2.05) is 12.1 Å². The summed E-state index contributed by atoms with van der Waals surface area (Å²) in [6.45, 7) is 0. The van der Waals surface area contributed by atoms with Gasteiger partial charge in [0.15, 0.2) is 0 Å². The molecule has 118 valence electrons. The van der Waals surface area contributed by atoms with Crippen LogP contribution in [0.3, 0.4) is 0 Å². The van der Waals surface area contributed by atoms with E-state index >= 15 is 0 Å². The minimum atomic E-state index is -0.366. The largest absolute Gasteiger partial charge is 0.481 e. The van der Waals surface area contributed by atoms with Crippen LogP contribution in [0.25, 0.3) is 0 Å². The molecule has 0 radical (unpaired) electrons. The lowest BCUT2D eigenvalue weighted by Crippen LogP contribution is -2.12. The summed E-state index contributed by atoms with van der Waals surface area (Å²) in [5.74, 6) is 1.67. The van der Waals surface area contributed by atoms with E-state index in [2.05, 4.69) is 4.98 Å². The molecule has 1 saturated carbocycles. The molecule has 1 fully saturated rings. The Balaban J connectivity index is 1.82. The second-order valence-electron chi connectivity index (χ2n) is 6.07. The quantitative estimate of drug-likeness (QED) is 0.797. The highest BCUT2D eigenvalue weighted by atomic mass is 16.5. The van der Waals surface area contributed by atoms with E-state index in [1.54, 1.807) is 25.3 Å². The number of rotatable bonds is 2. The van der Waals surface area contributed by atoms with Crippen molar-refractivity contribution in [2.75, 3.05) is 14.2 Å². The zero-order valence-electron chi connectivity index (χ0n) is 13.1. The second-order valence-corrected chi connectivity index (χ2v) is 6.07. The predicted octanol–water partition coefficient (Wildman–Crippen LogP) is 3.26. The molecule has 0 atom stereocenters. The van der Waals surface area contributed by atoms with Crippen LogP contribution in [0.5, 0.6) is 17.4 Å². The fraction of sp³-hybridized carbons (Fsp3) is 0.333. The number of hydrogen-bond donors (Lipinski definition) is 0. The Bertz CT molecular complexity index is 796. The highest BCUT2D eigenvalue weighted by Gasteiger charge is 2.49. The van der Waals surface area contributed by atoms with Gasteiger partial charge in [0, 0.05) is 11.5 Å². The van der Waals surface area contributed by atoms with Crippen LogP contribution in [0.4, 0.5) is 0 Å². The first-order chi connectivity index (χ1) is 11.1. The van der Waals surface area contributed by atoms with Gasteiger partial charge in [-0.2, -0.15) is 0 Å². The maximum absolute atomic E-state index is 11.7. The number of aromatic nitrogens is 1. The van der Waals surface area contributed by atoms with Gasteiger partial charge in [-0.15, -0.1) is 0 Å². The van der Waals surface area contributed by atoms with Gasteiger partial charge in [0.1, 0.15) is 11.5 Å². The first kappa shape index (κ1) is 14.1. The number of fused-ring (bicyclic) bond motifs is 3. The second kappa shape index (κ2) is 4.98. The fourth-order valence-corrected chi connectivity index (χ4v) is 3.18. The lowest BCUT2D eigenvalue weighted by Gasteiger charge is -2.14. The highest BCUT2D eigenvalue weighted by Crippen LogP contribution is 2.56. The van der Waals surface area contributed by atoms with Gasteiger partial charge < -0.3 is 14.2 Å². The number of esters is 1. The van der Waals surface area contributed by atoms with E-state index in [9.17, 15) is 4.79 Å². The lowest BCUT2D eigenvalue weighted by atomic mass is 9.92. The number of pyridine rings is 1. The average Bonchev–Trinajstić information content (AvgIpc) is 3.38. The zero-order chi connectivity index (χ0) is 16.0. The van der Waals surface area contributed by atoms with Crippen molar-refractivity contribution in [3.05, 3.63) is 47.2 Å². The van der Waals surface area contributed by atoms with Crippen LogP contribution in [-0.4, -0.2) is 25.2 Å². The molecule has 0 amide bonds. The molecule has 0 N–H and O–H groups in total. The molecule has 2 aliphatic rings. The number of benzene rings is 1. The van der Waals surface area contributed by atoms with E-state index in [0.717, 1.165) is 36.3 Å². The Hall–Kier alpha value is -2.56. The molecule has 2 aromatic rings. The topological polar surface area (TPSA) is 57.7 Å². The summed E-state index contributed by atoms with van der Waals surface area (Å²) in [6.07, 6.45) is 3.03. The Morgan fingerprint density at radius 2 is 2.00 bits per heavy atom. The van der Waals surface area contributed by atoms with E-state index < -0.39 is 0 Å². The SMILES string of the molecule is COC(=O)c1ccc2c(c1)Oc1ccc(OC)nc1C1(CC1)C2. The standard InChI is InChI=1S/C18H17NO4/c1-21-15-6-5-13-16(19-15)18(7-8-18)10-12-4-3-11(17(20)22-2)9-14(12)23-13/h3-6,9H,7-8,10H2,1-2H3. The van der Waals surface area contributed by atoms with Gasteiger partial charge in [-0.1, -0.05) is 6.07 Å². The number of methoxy groups -OCH3 is 2. The lowest BCUT2D eigenvalue weighted by molar-refractivity contribution is 0.0600. The Morgan fingerprint density at radius 3 is 2.70 bits per heavy atom. The van der Waals surface area contributed by atoms with E-state index in [-0.39, 0.29) is 11.4 Å². The van der Waals surface area contributed by atoms with Gasteiger partial charge in [-0.3, -0.25) is 0 Å². The van der Waals surface area contributed by atoms with Crippen molar-refractivity contribution in [3.63, 3.8) is 0 Å². The molecule has 23 heavy (non-hydrogen) atoms. The van der Waals surface area contributed by atoms with Crippen molar-refractivity contribution in [1.82, 2.24) is 4.98 Å². The Morgan fingerprint density at radius 1 is 1.17 bits per heavy atom. The molecular formula is C18H17NO4. The Labute approximate surface area is 134 Å². The minimum Gasteiger partial charge on any atom is -0.481 e. The van der Waals surface area contributed by atoms with E-state index in [1.165, 1.54) is 7.11 Å². The molecule has 0 saturated heterocycles. The van der Waals surface area contributed by atoms with Crippen molar-refractivity contribution < 1.29 is 19.0 Å². The van der Waals surface area contributed by atoms with Crippen LogP contribution >= 0.6 is 0 Å². The van der Waals surface area contributed by atoms with E-state index in [0.29, 0.717) is 17.2 Å². The zero-order valence-corrected chi connectivity index (χ0v) is 13.1. The third kappa shape index (κ3) is 2.23. The van der Waals surface area contributed by atoms with Crippen molar-refractivity contribution in [3.8, 4) is 17.4 Å². The number of carbonyl (C=O) groups excluding carboxylic acids is 1. The minimum absolute atomic E-state index is 0.0297. The average molecular weight is 311 g/mol. The summed E-state index contributed by atoms with van der Waals surface area (Å²) in [7, 11) is 2.99. The molecular weight excluding hydrogens is 294 g/mol. The van der Waals surface area contributed by atoms with Gasteiger partial charge in [0.05, 0.1) is 25.5 Å². The first-order valence-corrected chi connectivity index (χ1v) is 7.60. The van der Waals surface area contributed by atoms with E-state index in [4.69, 9.17) is 14.2 Å². The highest BCUT2D eigenvalue weighted by molar-refractivity contribution is 5.90. The summed E-state index contributed by atoms with van der Waals surface area (Å²) in [5.41, 5.74) is 2.56. The van der Waals surface area contributed by atoms with Crippen molar-refractivity contribution in [2.24, 2.45) is 0 Å². The molecule has 1 spiro atoms. The molecule has 1 aliphatic heterocycles. The normalized spacial score (nSPS) is 16.6. The van der Waals surface area contributed by atoms with Crippen LogP contribution in [0.15, 0.2) is 30.3 Å². The van der Waals surface area contributed by atoms with Crippen LogP contribution < -0.4 is 9.47 Å². The molecule has 2 heterocycles. The fourth-order valence-electron chi connectivity index (χ4n) is 3.18. The summed E-state index contributed by atoms with van der Waals surface area (Å²) < 4.78 is 16.1. The maximum Gasteiger partial charge on any atom is 0.337 e. The van der Waals surface area contributed by atoms with Crippen LogP contribution in [0.1, 0.15) is 34.5 Å². The third-order valence-electron chi connectivity index (χ3n) is 4.63. The summed E-state index contributed by atoms with van der Waals surface area (Å²) in [6, 6.07) is 9.17. The molecule has 0 unspecified atom stereocenters. The molecule has 4 rings (SSSR count). The van der Waals surface area contributed by atoms with Crippen LogP contribution in [0.2, 0.25) is 0 Å². The number of hydrogen-bond acceptors (Lipinski definition) is 5. The van der Waals surface area contributed by atoms with Gasteiger partial charge in [-0.25, -0.2) is 9.78 Å². The molecule has 5 nitrogen and oxygen atoms in total. The first-order valence-electron chi connectivity index (χ1n) is 7.60. The summed E-state index contributed by atoms with van der Waals surface area (Å²) in [4.78, 5) is 16.4.